The van der Waals surface area contributed by atoms with Gasteiger partial charge in [-0.2, -0.15) is 0 Å². The number of allylic oxidation sites excluding steroid dienone is 3. The zero-order valence-corrected chi connectivity index (χ0v) is 8.72. The molecular formula is C14H16. The quantitative estimate of drug-likeness (QED) is 0.615. The van der Waals surface area contributed by atoms with Crippen LogP contribution in [0.5, 0.6) is 0 Å². The van der Waals surface area contributed by atoms with Gasteiger partial charge in [0.1, 0.15) is 0 Å². The van der Waals surface area contributed by atoms with E-state index in [-0.39, 0.29) is 0 Å². The molecule has 1 aromatic rings. The number of hydrogen-bond donors (Lipinski definition) is 0. The standard InChI is InChI=1S/C14H16/c1-3-6-12-10-14-8-5-4-7-13(14)9-11(12)2/h3-5,7-8H,1,6,9-10H2,2H3. The van der Waals surface area contributed by atoms with E-state index in [1.807, 2.05) is 6.08 Å². The van der Waals surface area contributed by atoms with Gasteiger partial charge in [-0.3, -0.25) is 0 Å². The molecule has 0 amide bonds. The summed E-state index contributed by atoms with van der Waals surface area (Å²) >= 11 is 0. The fourth-order valence-electron chi connectivity index (χ4n) is 2.11. The molecule has 0 heteroatoms. The SMILES string of the molecule is C=CCC1=C(C)Cc2ccccc2C1. The van der Waals surface area contributed by atoms with Gasteiger partial charge in [-0.05, 0) is 37.3 Å². The van der Waals surface area contributed by atoms with Gasteiger partial charge in [-0.1, -0.05) is 41.5 Å². The van der Waals surface area contributed by atoms with Crippen LogP contribution in [0, 0.1) is 0 Å². The van der Waals surface area contributed by atoms with Crippen molar-refractivity contribution in [1.29, 1.82) is 0 Å². The van der Waals surface area contributed by atoms with Crippen LogP contribution in [0.2, 0.25) is 0 Å². The fraction of sp³-hybridized carbons (Fsp3) is 0.286. The predicted octanol–water partition coefficient (Wildman–Crippen LogP) is 3.68. The Morgan fingerprint density at radius 1 is 1.21 bits per heavy atom. The first kappa shape index (κ1) is 9.26. The van der Waals surface area contributed by atoms with Gasteiger partial charge in [-0.25, -0.2) is 0 Å². The van der Waals surface area contributed by atoms with Crippen LogP contribution in [-0.2, 0) is 12.8 Å². The van der Waals surface area contributed by atoms with Crippen LogP contribution < -0.4 is 0 Å². The minimum atomic E-state index is 1.04. The molecule has 0 aromatic heterocycles. The molecule has 0 aliphatic heterocycles. The fourth-order valence-corrected chi connectivity index (χ4v) is 2.11. The molecule has 0 radical (unpaired) electrons. The van der Waals surface area contributed by atoms with E-state index in [0.717, 1.165) is 19.3 Å². The Labute approximate surface area is 86.0 Å². The molecule has 0 heterocycles. The number of fused-ring (bicyclic) bond motifs is 1. The lowest BCUT2D eigenvalue weighted by Crippen LogP contribution is -2.06. The van der Waals surface area contributed by atoms with E-state index in [9.17, 15) is 0 Å². The summed E-state index contributed by atoms with van der Waals surface area (Å²) in [4.78, 5) is 0. The van der Waals surface area contributed by atoms with Gasteiger partial charge in [-0.15, -0.1) is 6.58 Å². The summed E-state index contributed by atoms with van der Waals surface area (Å²) in [6, 6.07) is 8.74. The molecular weight excluding hydrogens is 168 g/mol. The highest BCUT2D eigenvalue weighted by molar-refractivity contribution is 5.40. The van der Waals surface area contributed by atoms with Gasteiger partial charge >= 0.3 is 0 Å². The van der Waals surface area contributed by atoms with E-state index in [1.54, 1.807) is 5.57 Å². The van der Waals surface area contributed by atoms with Crippen molar-refractivity contribution < 1.29 is 0 Å². The van der Waals surface area contributed by atoms with E-state index in [0.29, 0.717) is 0 Å². The highest BCUT2D eigenvalue weighted by Crippen LogP contribution is 2.27. The maximum atomic E-state index is 3.81. The van der Waals surface area contributed by atoms with Gasteiger partial charge in [0.15, 0.2) is 0 Å². The lowest BCUT2D eigenvalue weighted by Gasteiger charge is -2.20. The van der Waals surface area contributed by atoms with Crippen LogP contribution in [0.1, 0.15) is 24.5 Å². The second-order valence-electron chi connectivity index (χ2n) is 4.00. The molecule has 14 heavy (non-hydrogen) atoms. The molecule has 0 saturated carbocycles. The Hall–Kier alpha value is -1.30. The highest BCUT2D eigenvalue weighted by Gasteiger charge is 2.13. The number of rotatable bonds is 2. The Morgan fingerprint density at radius 3 is 2.50 bits per heavy atom. The van der Waals surface area contributed by atoms with Gasteiger partial charge in [0.2, 0.25) is 0 Å². The van der Waals surface area contributed by atoms with Crippen molar-refractivity contribution in [3.05, 3.63) is 59.2 Å². The van der Waals surface area contributed by atoms with E-state index < -0.39 is 0 Å². The molecule has 0 atom stereocenters. The van der Waals surface area contributed by atoms with Crippen LogP contribution in [0.4, 0.5) is 0 Å². The third kappa shape index (κ3) is 1.65. The molecule has 2 rings (SSSR count). The van der Waals surface area contributed by atoms with Gasteiger partial charge in [0.25, 0.3) is 0 Å². The minimum absolute atomic E-state index is 1.04. The monoisotopic (exact) mass is 184 g/mol. The minimum Gasteiger partial charge on any atom is -0.103 e. The van der Waals surface area contributed by atoms with Crippen molar-refractivity contribution in [2.24, 2.45) is 0 Å². The normalized spacial score (nSPS) is 15.2. The van der Waals surface area contributed by atoms with Crippen LogP contribution in [0.15, 0.2) is 48.1 Å². The first-order chi connectivity index (χ1) is 6.81. The summed E-state index contributed by atoms with van der Waals surface area (Å²) in [6.45, 7) is 6.06. The predicted molar refractivity (Wildman–Crippen MR) is 61.4 cm³/mol. The second-order valence-corrected chi connectivity index (χ2v) is 4.00. The molecule has 72 valence electrons. The maximum absolute atomic E-state index is 3.81. The van der Waals surface area contributed by atoms with Crippen LogP contribution in [-0.4, -0.2) is 0 Å². The molecule has 0 N–H and O–H groups in total. The third-order valence-electron chi connectivity index (χ3n) is 2.97. The zero-order chi connectivity index (χ0) is 9.97. The van der Waals surface area contributed by atoms with Gasteiger partial charge in [0.05, 0.1) is 0 Å². The largest absolute Gasteiger partial charge is 0.103 e. The lowest BCUT2D eigenvalue weighted by molar-refractivity contribution is 0.919. The molecule has 0 nitrogen and oxygen atoms in total. The third-order valence-corrected chi connectivity index (χ3v) is 2.97. The Kier molecular flexibility index (Phi) is 2.53. The molecule has 0 bridgehead atoms. The van der Waals surface area contributed by atoms with E-state index in [2.05, 4.69) is 37.8 Å². The van der Waals surface area contributed by atoms with Crippen LogP contribution in [0.3, 0.4) is 0 Å². The van der Waals surface area contributed by atoms with Crippen LogP contribution in [0.25, 0.3) is 0 Å². The maximum Gasteiger partial charge on any atom is -0.00585 e. The van der Waals surface area contributed by atoms with Crippen molar-refractivity contribution in [3.63, 3.8) is 0 Å². The Balaban J connectivity index is 2.31. The highest BCUT2D eigenvalue weighted by atomic mass is 14.2. The van der Waals surface area contributed by atoms with Crippen molar-refractivity contribution in [2.45, 2.75) is 26.2 Å². The molecule has 1 aliphatic carbocycles. The van der Waals surface area contributed by atoms with Crippen LogP contribution >= 0.6 is 0 Å². The summed E-state index contributed by atoms with van der Waals surface area (Å²) in [5.74, 6) is 0. The number of benzene rings is 1. The molecule has 0 fully saturated rings. The van der Waals surface area contributed by atoms with Crippen molar-refractivity contribution in [2.75, 3.05) is 0 Å². The second kappa shape index (κ2) is 3.83. The molecule has 0 unspecified atom stereocenters. The van der Waals surface area contributed by atoms with Gasteiger partial charge < -0.3 is 0 Å². The summed E-state index contributed by atoms with van der Waals surface area (Å²) < 4.78 is 0. The summed E-state index contributed by atoms with van der Waals surface area (Å²) in [6.07, 6.45) is 5.29. The summed E-state index contributed by atoms with van der Waals surface area (Å²) in [5.41, 5.74) is 6.08. The average Bonchev–Trinajstić information content (AvgIpc) is 2.19. The summed E-state index contributed by atoms with van der Waals surface area (Å²) in [7, 11) is 0. The molecule has 1 aromatic carbocycles. The molecule has 0 saturated heterocycles. The Bertz CT molecular complexity index is 383. The first-order valence-electron chi connectivity index (χ1n) is 5.16. The average molecular weight is 184 g/mol. The first-order valence-corrected chi connectivity index (χ1v) is 5.16. The van der Waals surface area contributed by atoms with Crippen molar-refractivity contribution in [3.8, 4) is 0 Å². The van der Waals surface area contributed by atoms with E-state index in [1.165, 1.54) is 16.7 Å². The number of hydrogen-bond acceptors (Lipinski definition) is 0. The molecule has 0 spiro atoms. The van der Waals surface area contributed by atoms with E-state index in [4.69, 9.17) is 0 Å². The lowest BCUT2D eigenvalue weighted by atomic mass is 9.85. The smallest absolute Gasteiger partial charge is 0.00585 e. The van der Waals surface area contributed by atoms with Crippen molar-refractivity contribution >= 4 is 0 Å². The topological polar surface area (TPSA) is 0 Å². The van der Waals surface area contributed by atoms with Gasteiger partial charge in [0, 0.05) is 0 Å². The Morgan fingerprint density at radius 2 is 1.86 bits per heavy atom. The van der Waals surface area contributed by atoms with E-state index >= 15 is 0 Å². The van der Waals surface area contributed by atoms with Crippen molar-refractivity contribution in [1.82, 2.24) is 0 Å². The summed E-state index contributed by atoms with van der Waals surface area (Å²) in [5, 5.41) is 0. The molecule has 1 aliphatic rings. The zero-order valence-electron chi connectivity index (χ0n) is 8.72.